The maximum Gasteiger partial charge on any atom is 0.151 e. The molecular weight excluding hydrogens is 1190 g/mol. The van der Waals surface area contributed by atoms with Gasteiger partial charge in [-0.05, 0) is 198 Å². The van der Waals surface area contributed by atoms with Crippen LogP contribution in [0.5, 0.6) is 0 Å². The van der Waals surface area contributed by atoms with Gasteiger partial charge < -0.3 is 59.6 Å². The number of likely N-dealkylation sites (tertiary alicyclic amines) is 2. The van der Waals surface area contributed by atoms with E-state index in [1.54, 1.807) is 40.2 Å². The predicted molar refractivity (Wildman–Crippen MR) is 404 cm³/mol. The summed E-state index contributed by atoms with van der Waals surface area (Å²) in [6.07, 6.45) is 23.4. The van der Waals surface area contributed by atoms with Gasteiger partial charge in [-0.25, -0.2) is 8.42 Å². The third kappa shape index (κ3) is 87.9. The molecule has 0 amide bonds. The van der Waals surface area contributed by atoms with Gasteiger partial charge in [0.15, 0.2) is 9.84 Å². The number of piperidine rings is 1. The number of hydrogen-bond acceptors (Lipinski definition) is 14. The van der Waals surface area contributed by atoms with Crippen LogP contribution in [0.25, 0.3) is 0 Å². The van der Waals surface area contributed by atoms with Crippen LogP contribution in [0.3, 0.4) is 0 Å². The number of nitrogens with zero attached hydrogens (tertiary/aromatic N) is 2. The van der Waals surface area contributed by atoms with Crippen LogP contribution in [-0.4, -0.2) is 188 Å². The summed E-state index contributed by atoms with van der Waals surface area (Å²) in [5.41, 5.74) is 1.34. The number of nitrogens with one attached hydrogen (secondary N) is 1. The molecule has 14 nitrogen and oxygen atoms in total. The molecule has 1 atom stereocenters. The lowest BCUT2D eigenvalue weighted by Gasteiger charge is -2.33. The number of aliphatic hydroxyl groups is 5. The first kappa shape index (κ1) is 102. The van der Waals surface area contributed by atoms with Crippen LogP contribution in [0.2, 0.25) is 0 Å². The Kier molecular flexibility index (Phi) is 79.6. The molecule has 0 bridgehead atoms. The van der Waals surface area contributed by atoms with Crippen molar-refractivity contribution in [2.45, 2.75) is 257 Å². The second-order valence-corrected chi connectivity index (χ2v) is 29.7. The molecule has 5 aliphatic heterocycles. The highest BCUT2D eigenvalue weighted by Gasteiger charge is 2.18. The van der Waals surface area contributed by atoms with Crippen LogP contribution in [0.15, 0.2) is 60.7 Å². The molecule has 0 aromatic heterocycles. The SMILES string of the molecule is CC1CCC(CO)CC1.CC1CCN(C)CC1.CC1CN(C)C1.CC1CNC1.CCC(C)(C)O.CCC1CCOC1.CCC1COC1.CCCC(C)(C)O.CCCCO.CCCCOC.CCCO.CCCOC.CCc1ccccc1.CS(=O)(=O)Cc1ccccc1. The number of aliphatic hydroxyl groups excluding tert-OH is 3. The van der Waals surface area contributed by atoms with E-state index < -0.39 is 21.0 Å². The summed E-state index contributed by atoms with van der Waals surface area (Å²) in [5.74, 6) is 6.34. The topological polar surface area (TPSA) is 191 Å². The van der Waals surface area contributed by atoms with E-state index in [1.165, 1.54) is 122 Å². The molecule has 0 spiro atoms. The lowest BCUT2D eigenvalue weighted by molar-refractivity contribution is -0.0331. The highest BCUT2D eigenvalue weighted by Crippen LogP contribution is 2.27. The van der Waals surface area contributed by atoms with Crippen LogP contribution < -0.4 is 5.32 Å². The first-order valence-corrected chi connectivity index (χ1v) is 38.8. The molecule has 8 rings (SSSR count). The zero-order valence-electron chi connectivity index (χ0n) is 65.1. The van der Waals surface area contributed by atoms with Crippen molar-refractivity contribution in [1.29, 1.82) is 0 Å². The first-order valence-electron chi connectivity index (χ1n) is 36.7. The molecule has 6 fully saturated rings. The highest BCUT2D eigenvalue weighted by atomic mass is 32.2. The van der Waals surface area contributed by atoms with Crippen molar-refractivity contribution in [2.75, 3.05) is 133 Å². The summed E-state index contributed by atoms with van der Waals surface area (Å²) in [7, 11) is 4.92. The van der Waals surface area contributed by atoms with Crippen LogP contribution >= 0.6 is 0 Å². The van der Waals surface area contributed by atoms with Crippen LogP contribution in [0.1, 0.15) is 244 Å². The minimum absolute atomic E-state index is 0.133. The van der Waals surface area contributed by atoms with Gasteiger partial charge in [0.1, 0.15) is 0 Å². The lowest BCUT2D eigenvalue weighted by Crippen LogP contribution is -2.41. The molecule has 5 saturated heterocycles. The van der Waals surface area contributed by atoms with E-state index in [4.69, 9.17) is 44.5 Å². The Labute approximate surface area is 578 Å². The van der Waals surface area contributed by atoms with E-state index >= 15 is 0 Å². The van der Waals surface area contributed by atoms with Crippen molar-refractivity contribution in [3.05, 3.63) is 71.8 Å². The fourth-order valence-corrected chi connectivity index (χ4v) is 9.17. The Morgan fingerprint density at radius 2 is 0.989 bits per heavy atom. The van der Waals surface area contributed by atoms with Gasteiger partial charge >= 0.3 is 0 Å². The zero-order chi connectivity index (χ0) is 72.2. The standard InChI is InChI=1S/C8H10O2S.C8H16O.C8H10.C7H15N.C6H12O.C6H14O.C5H11N.C5H10O.2C5H12O.C4H9N.2C4H10O.C3H8O/c1-11(9,10)7-8-5-3-2-4-6-8;1-7-2-4-8(6-9)5-3-7;1-2-8-6-4-3-5-7-8;1-7-3-5-8(2)6-4-7;1-2-6-3-4-7-5-6;1-4-5-6(2,3)7;1-5-3-6(2)4-5;1-2-5-3-6-4-5;1-4-5(2,3)6;1-3-4-5-6-2;1-4-2-5-3-4;1-3-4-5-2;1-2-3-4-5;1-2-3-4/h2-6H,7H2,1H3;7-9H,2-6H2,1H3;3-7H,2H2,1H3;7H,3-6H2,1-2H3;6H,2-5H2,1H3;7H,4-5H2,1-3H3;5H,3-4H2,1-2H3;5H,2-4H2,1H3;6H,4H2,1-3H3;3-5H2,1-2H3;4-5H,2-3H2,1H3;3-4H2,1-2H3;5H,2-4H2,1H3;4H,2-3H2,1H3. The molecule has 0 radical (unpaired) electrons. The van der Waals surface area contributed by atoms with E-state index in [1.807, 2.05) is 52.0 Å². The lowest BCUT2D eigenvalue weighted by atomic mass is 9.84. The van der Waals surface area contributed by atoms with Crippen LogP contribution in [0.4, 0.5) is 0 Å². The van der Waals surface area contributed by atoms with Gasteiger partial charge in [0.2, 0.25) is 0 Å². The summed E-state index contributed by atoms with van der Waals surface area (Å²) < 4.78 is 41.1. The van der Waals surface area contributed by atoms with E-state index in [0.717, 1.165) is 132 Å². The molecule has 1 aliphatic carbocycles. The van der Waals surface area contributed by atoms with Crippen LogP contribution in [0, 0.1) is 41.4 Å². The molecule has 93 heavy (non-hydrogen) atoms. The van der Waals surface area contributed by atoms with E-state index in [-0.39, 0.29) is 5.75 Å². The van der Waals surface area contributed by atoms with Crippen molar-refractivity contribution in [3.8, 4) is 0 Å². The maximum absolute atomic E-state index is 10.8. The van der Waals surface area contributed by atoms with E-state index in [2.05, 4.69) is 130 Å². The molecule has 1 unspecified atom stereocenters. The average molecular weight is 1350 g/mol. The Hall–Kier alpha value is -2.09. The molecule has 1 saturated carbocycles. The van der Waals surface area contributed by atoms with Crippen molar-refractivity contribution in [2.24, 2.45) is 41.4 Å². The third-order valence-electron chi connectivity index (χ3n) is 15.6. The quantitative estimate of drug-likeness (QED) is 0.0820. The number of sulfone groups is 1. The molecular formula is C78H159N3O11S. The Morgan fingerprint density at radius 1 is 0.538 bits per heavy atom. The van der Waals surface area contributed by atoms with Crippen molar-refractivity contribution >= 4 is 9.84 Å². The smallest absolute Gasteiger partial charge is 0.151 e. The Bertz CT molecular complexity index is 1750. The van der Waals surface area contributed by atoms with Crippen molar-refractivity contribution in [1.82, 2.24) is 15.1 Å². The number of methoxy groups -OCH3 is 2. The van der Waals surface area contributed by atoms with Crippen molar-refractivity contribution in [3.63, 3.8) is 0 Å². The second kappa shape index (κ2) is 72.6. The summed E-state index contributed by atoms with van der Waals surface area (Å²) in [5, 5.41) is 45.7. The first-order chi connectivity index (χ1) is 43.9. The minimum Gasteiger partial charge on any atom is -0.396 e. The van der Waals surface area contributed by atoms with Gasteiger partial charge in [0.25, 0.3) is 0 Å². The van der Waals surface area contributed by atoms with Gasteiger partial charge in [0.05, 0.1) is 30.2 Å². The summed E-state index contributed by atoms with van der Waals surface area (Å²) in [6.45, 7) is 49.9. The molecule has 6 N–H and O–H groups in total. The molecule has 15 heteroatoms. The number of ether oxygens (including phenoxy) is 4. The summed E-state index contributed by atoms with van der Waals surface area (Å²) >= 11 is 0. The van der Waals surface area contributed by atoms with Gasteiger partial charge in [-0.1, -0.05) is 189 Å². The molecule has 2 aromatic carbocycles. The predicted octanol–water partition coefficient (Wildman–Crippen LogP) is 16.3. The van der Waals surface area contributed by atoms with Crippen molar-refractivity contribution < 1.29 is 52.9 Å². The number of aryl methyl sites for hydroxylation is 1. The normalized spacial score (nSPS) is 18.4. The van der Waals surface area contributed by atoms with Crippen LogP contribution in [-0.2, 0) is 41.0 Å². The third-order valence-corrected chi connectivity index (χ3v) is 16.5. The molecule has 5 heterocycles. The summed E-state index contributed by atoms with van der Waals surface area (Å²) in [4.78, 5) is 4.73. The average Bonchev–Trinajstić information content (AvgIpc) is 4.05. The molecule has 558 valence electrons. The number of unbranched alkanes of at least 4 members (excludes halogenated alkanes) is 2. The monoisotopic (exact) mass is 1350 g/mol. The Balaban J connectivity index is -0.000000221. The second-order valence-electron chi connectivity index (χ2n) is 27.6. The minimum atomic E-state index is -2.88. The molecule has 2 aromatic rings. The summed E-state index contributed by atoms with van der Waals surface area (Å²) in [6, 6.07) is 19.6. The number of rotatable bonds is 17. The van der Waals surface area contributed by atoms with E-state index in [0.29, 0.717) is 25.7 Å². The largest absolute Gasteiger partial charge is 0.396 e. The fourth-order valence-electron chi connectivity index (χ4n) is 8.37. The maximum atomic E-state index is 10.8. The molecule has 6 aliphatic rings. The fraction of sp³-hybridized carbons (Fsp3) is 0.846. The van der Waals surface area contributed by atoms with Gasteiger partial charge in [-0.3, -0.25) is 0 Å². The number of benzene rings is 2. The van der Waals surface area contributed by atoms with E-state index in [9.17, 15) is 8.42 Å². The van der Waals surface area contributed by atoms with Gasteiger partial charge in [-0.15, -0.1) is 0 Å². The number of hydrogen-bond donors (Lipinski definition) is 6. The van der Waals surface area contributed by atoms with Gasteiger partial charge in [0, 0.05) is 85.7 Å². The Morgan fingerprint density at radius 3 is 1.16 bits per heavy atom. The van der Waals surface area contributed by atoms with Gasteiger partial charge in [-0.2, -0.15) is 0 Å². The zero-order valence-corrected chi connectivity index (χ0v) is 65.9. The highest BCUT2D eigenvalue weighted by molar-refractivity contribution is 7.89.